The normalized spacial score (nSPS) is 11.1. The first-order chi connectivity index (χ1) is 10.2. The van der Waals surface area contributed by atoms with Crippen molar-refractivity contribution in [3.8, 4) is 11.5 Å². The number of oxime groups is 1. The summed E-state index contributed by atoms with van der Waals surface area (Å²) in [7, 11) is 2.91. The second-order valence-corrected chi connectivity index (χ2v) is 5.22. The number of carbonyl (C=O) groups excluding carboxylic acids is 1. The average molecular weight is 325 g/mol. The summed E-state index contributed by atoms with van der Waals surface area (Å²) in [5, 5.41) is 8.73. The number of halogens is 1. The van der Waals surface area contributed by atoms with Crippen molar-refractivity contribution in [1.29, 1.82) is 0 Å². The summed E-state index contributed by atoms with van der Waals surface area (Å²) < 4.78 is 5.76. The molecule has 0 aliphatic carbocycles. The van der Waals surface area contributed by atoms with E-state index in [9.17, 15) is 4.79 Å². The molecular formula is C14H13ClN2O3S. The van der Waals surface area contributed by atoms with Crippen molar-refractivity contribution in [2.24, 2.45) is 5.16 Å². The summed E-state index contributed by atoms with van der Waals surface area (Å²) in [6.45, 7) is 0. The zero-order valence-electron chi connectivity index (χ0n) is 11.4. The minimum absolute atomic E-state index is 0.166. The van der Waals surface area contributed by atoms with Gasteiger partial charge < -0.3 is 14.9 Å². The van der Waals surface area contributed by atoms with Gasteiger partial charge in [0.25, 0.3) is 5.91 Å². The topological polar surface area (TPSA) is 59.9 Å². The summed E-state index contributed by atoms with van der Waals surface area (Å²) in [5.41, 5.74) is 0.166. The first kappa shape index (κ1) is 15.3. The van der Waals surface area contributed by atoms with Crippen molar-refractivity contribution >= 4 is 34.6 Å². The maximum Gasteiger partial charge on any atom is 0.274 e. The van der Waals surface area contributed by atoms with E-state index < -0.39 is 0 Å². The number of likely N-dealkylation sites (N-methyl/N-ethyl adjacent to an activating group) is 1. The minimum atomic E-state index is -0.347. The van der Waals surface area contributed by atoms with Crippen LogP contribution in [0.4, 0.5) is 0 Å². The van der Waals surface area contributed by atoms with Crippen LogP contribution in [0.25, 0.3) is 0 Å². The van der Waals surface area contributed by atoms with Crippen LogP contribution in [0.15, 0.2) is 40.9 Å². The molecule has 0 saturated heterocycles. The number of benzene rings is 1. The van der Waals surface area contributed by atoms with E-state index >= 15 is 0 Å². The number of rotatable bonds is 5. The highest BCUT2D eigenvalue weighted by Crippen LogP contribution is 2.31. The molecule has 0 fully saturated rings. The Kier molecular flexibility index (Phi) is 5.19. The molecule has 110 valence electrons. The molecule has 0 atom stereocenters. The molecule has 2 rings (SSSR count). The van der Waals surface area contributed by atoms with E-state index in [2.05, 4.69) is 10.5 Å². The van der Waals surface area contributed by atoms with Gasteiger partial charge in [-0.15, -0.1) is 11.3 Å². The van der Waals surface area contributed by atoms with Gasteiger partial charge in [-0.2, -0.15) is 0 Å². The van der Waals surface area contributed by atoms with Gasteiger partial charge in [0, 0.05) is 12.1 Å². The molecule has 2 aromatic rings. The van der Waals surface area contributed by atoms with Crippen molar-refractivity contribution in [2.75, 3.05) is 14.2 Å². The molecule has 0 saturated carbocycles. The first-order valence-corrected chi connectivity index (χ1v) is 7.26. The molecule has 0 unspecified atom stereocenters. The summed E-state index contributed by atoms with van der Waals surface area (Å²) >= 11 is 7.18. The molecule has 1 amide bonds. The second-order valence-electron chi connectivity index (χ2n) is 3.87. The van der Waals surface area contributed by atoms with Crippen molar-refractivity contribution < 1.29 is 14.4 Å². The molecule has 0 bridgehead atoms. The summed E-state index contributed by atoms with van der Waals surface area (Å²) in [6.07, 6.45) is 0. The summed E-state index contributed by atoms with van der Waals surface area (Å²) in [4.78, 5) is 17.2. The van der Waals surface area contributed by atoms with Crippen LogP contribution in [-0.4, -0.2) is 25.8 Å². The fraction of sp³-hybridized carbons (Fsp3) is 0.143. The molecule has 1 N–H and O–H groups in total. The molecule has 5 nitrogen and oxygen atoms in total. The van der Waals surface area contributed by atoms with Gasteiger partial charge in [-0.05, 0) is 35.7 Å². The molecule has 21 heavy (non-hydrogen) atoms. The summed E-state index contributed by atoms with van der Waals surface area (Å²) in [5.74, 6) is 0.801. The lowest BCUT2D eigenvalue weighted by molar-refractivity contribution is -0.114. The van der Waals surface area contributed by atoms with Crippen molar-refractivity contribution in [3.05, 3.63) is 45.6 Å². The Labute approximate surface area is 131 Å². The first-order valence-electron chi connectivity index (χ1n) is 6.00. The third kappa shape index (κ3) is 3.74. The van der Waals surface area contributed by atoms with Gasteiger partial charge in [-0.25, -0.2) is 0 Å². The van der Waals surface area contributed by atoms with Gasteiger partial charge in [0.2, 0.25) is 0 Å². The second kappa shape index (κ2) is 7.10. The van der Waals surface area contributed by atoms with Crippen molar-refractivity contribution in [1.82, 2.24) is 5.32 Å². The lowest BCUT2D eigenvalue weighted by Gasteiger charge is -2.08. The molecule has 0 aliphatic heterocycles. The zero-order valence-corrected chi connectivity index (χ0v) is 13.0. The minimum Gasteiger partial charge on any atom is -0.456 e. The number of hydrogen-bond donors (Lipinski definition) is 1. The number of nitrogens with one attached hydrogen (secondary N) is 1. The predicted octanol–water partition coefficient (Wildman–Crippen LogP) is 3.29. The van der Waals surface area contributed by atoms with Crippen LogP contribution >= 0.6 is 22.9 Å². The standard InChI is InChI=1S/C14H13ClN2O3S/c1-16-14(18)12(17-19-2)13-11(7-8-21-13)20-10-5-3-9(15)4-6-10/h3-8H,1-2H3,(H,16,18)/b17-12-. The Morgan fingerprint density at radius 3 is 2.62 bits per heavy atom. The van der Waals surface area contributed by atoms with E-state index in [0.29, 0.717) is 21.4 Å². The van der Waals surface area contributed by atoms with Gasteiger partial charge in [0.15, 0.2) is 5.71 Å². The Bertz CT molecular complexity index is 652. The van der Waals surface area contributed by atoms with Crippen LogP contribution in [-0.2, 0) is 9.63 Å². The number of hydrogen-bond acceptors (Lipinski definition) is 5. The van der Waals surface area contributed by atoms with Gasteiger partial charge in [0.05, 0.1) is 0 Å². The highest BCUT2D eigenvalue weighted by atomic mass is 35.5. The Morgan fingerprint density at radius 1 is 1.29 bits per heavy atom. The molecule has 1 aromatic heterocycles. The lowest BCUT2D eigenvalue weighted by atomic mass is 10.2. The van der Waals surface area contributed by atoms with E-state index in [1.54, 1.807) is 30.3 Å². The predicted molar refractivity (Wildman–Crippen MR) is 83.5 cm³/mol. The monoisotopic (exact) mass is 324 g/mol. The average Bonchev–Trinajstić information content (AvgIpc) is 2.94. The fourth-order valence-corrected chi connectivity index (χ4v) is 2.50. The highest BCUT2D eigenvalue weighted by molar-refractivity contribution is 7.13. The van der Waals surface area contributed by atoms with E-state index in [1.807, 2.05) is 5.38 Å². The number of nitrogens with zero attached hydrogens (tertiary/aromatic N) is 1. The SMILES string of the molecule is CNC(=O)/C(=N\OC)c1sccc1Oc1ccc(Cl)cc1. The van der Waals surface area contributed by atoms with Gasteiger partial charge >= 0.3 is 0 Å². The molecule has 1 heterocycles. The third-order valence-electron chi connectivity index (χ3n) is 2.51. The molecule has 7 heteroatoms. The van der Waals surface area contributed by atoms with Crippen LogP contribution in [0.2, 0.25) is 5.02 Å². The van der Waals surface area contributed by atoms with Crippen LogP contribution in [0.5, 0.6) is 11.5 Å². The Morgan fingerprint density at radius 2 is 2.00 bits per heavy atom. The quantitative estimate of drug-likeness (QED) is 0.678. The van der Waals surface area contributed by atoms with Crippen LogP contribution in [0.3, 0.4) is 0 Å². The van der Waals surface area contributed by atoms with Crippen LogP contribution < -0.4 is 10.1 Å². The van der Waals surface area contributed by atoms with Crippen molar-refractivity contribution in [3.63, 3.8) is 0 Å². The number of carbonyl (C=O) groups is 1. The van der Waals surface area contributed by atoms with E-state index in [4.69, 9.17) is 21.2 Å². The van der Waals surface area contributed by atoms with Crippen LogP contribution in [0, 0.1) is 0 Å². The number of ether oxygens (including phenoxy) is 1. The largest absolute Gasteiger partial charge is 0.456 e. The zero-order chi connectivity index (χ0) is 15.2. The van der Waals surface area contributed by atoms with E-state index in [1.165, 1.54) is 25.5 Å². The van der Waals surface area contributed by atoms with Gasteiger partial charge in [0.1, 0.15) is 23.5 Å². The third-order valence-corrected chi connectivity index (χ3v) is 3.66. The van der Waals surface area contributed by atoms with Crippen molar-refractivity contribution in [2.45, 2.75) is 0 Å². The lowest BCUT2D eigenvalue weighted by Crippen LogP contribution is -2.28. The molecule has 0 aliphatic rings. The molecule has 0 spiro atoms. The maximum atomic E-state index is 11.9. The smallest absolute Gasteiger partial charge is 0.274 e. The number of thiophene rings is 1. The Hall–Kier alpha value is -2.05. The molecular weight excluding hydrogens is 312 g/mol. The molecule has 1 aromatic carbocycles. The summed E-state index contributed by atoms with van der Waals surface area (Å²) in [6, 6.07) is 8.72. The maximum absolute atomic E-state index is 11.9. The van der Waals surface area contributed by atoms with E-state index in [-0.39, 0.29) is 11.6 Å². The van der Waals surface area contributed by atoms with Gasteiger partial charge in [-0.3, -0.25) is 4.79 Å². The van der Waals surface area contributed by atoms with Crippen LogP contribution in [0.1, 0.15) is 4.88 Å². The van der Waals surface area contributed by atoms with E-state index in [0.717, 1.165) is 0 Å². The molecule has 0 radical (unpaired) electrons. The van der Waals surface area contributed by atoms with Gasteiger partial charge in [-0.1, -0.05) is 16.8 Å². The number of amides is 1. The highest BCUT2D eigenvalue weighted by Gasteiger charge is 2.20. The Balaban J connectivity index is 2.31. The fourth-order valence-electron chi connectivity index (χ4n) is 1.58.